The third-order valence-corrected chi connectivity index (χ3v) is 7.25. The molecule has 0 aliphatic heterocycles. The van der Waals surface area contributed by atoms with Crippen LogP contribution in [0.15, 0.2) is 72.9 Å². The number of carbonyl (C=O) groups excluding carboxylic acids is 1. The van der Waals surface area contributed by atoms with Crippen LogP contribution in [0.4, 0.5) is 0 Å². The summed E-state index contributed by atoms with van der Waals surface area (Å²) in [5.74, 6) is 0.468. The lowest BCUT2D eigenvalue weighted by Crippen LogP contribution is -2.33. The van der Waals surface area contributed by atoms with E-state index >= 15 is 0 Å². The molecule has 160 valence electrons. The molecule has 2 saturated carbocycles. The number of aromatic amines is 1. The summed E-state index contributed by atoms with van der Waals surface area (Å²) in [6.07, 6.45) is 2.95. The molecule has 4 atom stereocenters. The number of H-pyrrole nitrogens is 1. The van der Waals surface area contributed by atoms with E-state index in [2.05, 4.69) is 15.5 Å². The zero-order valence-electron chi connectivity index (χ0n) is 17.3. The summed E-state index contributed by atoms with van der Waals surface area (Å²) in [5.41, 5.74) is 3.46. The van der Waals surface area contributed by atoms with Gasteiger partial charge in [0.05, 0.1) is 17.3 Å². The third kappa shape index (κ3) is 3.20. The van der Waals surface area contributed by atoms with Crippen molar-refractivity contribution in [2.45, 2.75) is 24.5 Å². The summed E-state index contributed by atoms with van der Waals surface area (Å²) in [6.45, 7) is 0. The van der Waals surface area contributed by atoms with Gasteiger partial charge in [0.25, 0.3) is 5.91 Å². The van der Waals surface area contributed by atoms with E-state index in [-0.39, 0.29) is 23.8 Å². The van der Waals surface area contributed by atoms with Crippen LogP contribution in [-0.2, 0) is 5.60 Å². The molecule has 1 amide bonds. The first kappa shape index (κ1) is 19.5. The summed E-state index contributed by atoms with van der Waals surface area (Å²) in [4.78, 5) is 12.9. The Labute approximate surface area is 190 Å². The molecule has 2 aliphatic carbocycles. The van der Waals surface area contributed by atoms with Crippen molar-refractivity contribution in [2.75, 3.05) is 0 Å². The molecule has 1 heterocycles. The maximum atomic E-state index is 12.9. The predicted molar refractivity (Wildman–Crippen MR) is 124 cm³/mol. The van der Waals surface area contributed by atoms with Gasteiger partial charge in [-0.15, -0.1) is 0 Å². The number of aromatic nitrogens is 2. The lowest BCUT2D eigenvalue weighted by atomic mass is 9.86. The SMILES string of the molecule is O=C(N[C@H]1[C@@H]2C[C@@](O)(c3cc(Cl)cc4[nH]ncc34)C[C@@H]21)c1cccc(-c2ccccc2)c1. The summed E-state index contributed by atoms with van der Waals surface area (Å²) < 4.78 is 0. The molecular formula is C26H22ClN3O2. The van der Waals surface area contributed by atoms with Crippen LogP contribution in [-0.4, -0.2) is 27.3 Å². The van der Waals surface area contributed by atoms with Gasteiger partial charge >= 0.3 is 0 Å². The molecule has 5 nitrogen and oxygen atoms in total. The van der Waals surface area contributed by atoms with Gasteiger partial charge in [-0.2, -0.15) is 5.10 Å². The largest absolute Gasteiger partial charge is 0.385 e. The van der Waals surface area contributed by atoms with Gasteiger partial charge < -0.3 is 10.4 Å². The van der Waals surface area contributed by atoms with Crippen LogP contribution in [0, 0.1) is 11.8 Å². The minimum atomic E-state index is -0.948. The maximum absolute atomic E-state index is 12.9. The molecule has 32 heavy (non-hydrogen) atoms. The molecule has 1 aromatic heterocycles. The van der Waals surface area contributed by atoms with Crippen molar-refractivity contribution in [3.63, 3.8) is 0 Å². The normalized spacial score (nSPS) is 26.1. The van der Waals surface area contributed by atoms with Crippen LogP contribution in [0.3, 0.4) is 0 Å². The highest BCUT2D eigenvalue weighted by molar-refractivity contribution is 6.31. The summed E-state index contributed by atoms with van der Waals surface area (Å²) in [6, 6.07) is 21.5. The Morgan fingerprint density at radius 3 is 2.56 bits per heavy atom. The molecule has 3 N–H and O–H groups in total. The topological polar surface area (TPSA) is 78.0 Å². The second-order valence-corrected chi connectivity index (χ2v) is 9.43. The lowest BCUT2D eigenvalue weighted by molar-refractivity contribution is 0.0293. The number of fused-ring (bicyclic) bond motifs is 2. The molecule has 0 spiro atoms. The Kier molecular flexibility index (Phi) is 4.39. The second kappa shape index (κ2) is 7.19. The zero-order valence-corrected chi connectivity index (χ0v) is 18.0. The van der Waals surface area contributed by atoms with Crippen molar-refractivity contribution in [2.24, 2.45) is 11.8 Å². The molecule has 3 aromatic carbocycles. The van der Waals surface area contributed by atoms with Gasteiger partial charge in [-0.25, -0.2) is 0 Å². The molecule has 0 bridgehead atoms. The fourth-order valence-electron chi connectivity index (χ4n) is 5.41. The van der Waals surface area contributed by atoms with Crippen LogP contribution in [0.1, 0.15) is 28.8 Å². The summed E-state index contributed by atoms with van der Waals surface area (Å²) in [7, 11) is 0. The Bertz CT molecular complexity index is 1320. The third-order valence-electron chi connectivity index (χ3n) is 7.03. The zero-order chi connectivity index (χ0) is 21.9. The number of hydrogen-bond acceptors (Lipinski definition) is 3. The number of carbonyl (C=O) groups is 1. The van der Waals surface area contributed by atoms with E-state index in [0.717, 1.165) is 27.6 Å². The van der Waals surface area contributed by atoms with Crippen molar-refractivity contribution in [3.05, 3.63) is 89.1 Å². The maximum Gasteiger partial charge on any atom is 0.251 e. The van der Waals surface area contributed by atoms with Gasteiger partial charge in [0.15, 0.2) is 0 Å². The van der Waals surface area contributed by atoms with E-state index in [4.69, 9.17) is 11.6 Å². The number of aliphatic hydroxyl groups is 1. The molecule has 0 radical (unpaired) electrons. The van der Waals surface area contributed by atoms with E-state index in [1.165, 1.54) is 0 Å². The van der Waals surface area contributed by atoms with E-state index in [9.17, 15) is 9.90 Å². The van der Waals surface area contributed by atoms with Crippen molar-refractivity contribution in [3.8, 4) is 11.1 Å². The van der Waals surface area contributed by atoms with Crippen LogP contribution in [0.25, 0.3) is 22.0 Å². The summed E-state index contributed by atoms with van der Waals surface area (Å²) in [5, 5.41) is 23.1. The molecule has 2 aliphatic rings. The van der Waals surface area contributed by atoms with Gasteiger partial charge in [-0.3, -0.25) is 9.89 Å². The highest BCUT2D eigenvalue weighted by Crippen LogP contribution is 2.60. The first-order valence-corrected chi connectivity index (χ1v) is 11.2. The van der Waals surface area contributed by atoms with Gasteiger partial charge in [0.2, 0.25) is 0 Å². The van der Waals surface area contributed by atoms with Crippen LogP contribution in [0.2, 0.25) is 5.02 Å². The summed E-state index contributed by atoms with van der Waals surface area (Å²) >= 11 is 6.28. The van der Waals surface area contributed by atoms with Gasteiger partial charge in [0.1, 0.15) is 0 Å². The van der Waals surface area contributed by atoms with E-state index in [1.807, 2.05) is 66.7 Å². The van der Waals surface area contributed by atoms with Crippen LogP contribution in [0.5, 0.6) is 0 Å². The number of halogens is 1. The van der Waals surface area contributed by atoms with Crippen molar-refractivity contribution < 1.29 is 9.90 Å². The molecule has 6 heteroatoms. The lowest BCUT2D eigenvalue weighted by Gasteiger charge is -2.27. The Morgan fingerprint density at radius 1 is 1.03 bits per heavy atom. The molecular weight excluding hydrogens is 422 g/mol. The highest BCUT2D eigenvalue weighted by atomic mass is 35.5. The van der Waals surface area contributed by atoms with Crippen molar-refractivity contribution in [1.82, 2.24) is 15.5 Å². The fourth-order valence-corrected chi connectivity index (χ4v) is 5.62. The highest BCUT2D eigenvalue weighted by Gasteiger charge is 2.62. The van der Waals surface area contributed by atoms with E-state index in [1.54, 1.807) is 6.20 Å². The van der Waals surface area contributed by atoms with Gasteiger partial charge in [-0.1, -0.05) is 54.1 Å². The van der Waals surface area contributed by atoms with Crippen molar-refractivity contribution >= 4 is 28.4 Å². The standard InChI is InChI=1S/C26H22ClN3O2/c27-18-10-22(21-14-28-30-23(21)11-18)26(32)12-19-20(13-26)24(19)29-25(31)17-8-4-7-16(9-17)15-5-2-1-3-6-15/h1-11,14,19-20,24,32H,12-13H2,(H,28,30)(H,29,31)/t19-,20+,24+,26+. The Morgan fingerprint density at radius 2 is 1.78 bits per heavy atom. The first-order valence-electron chi connectivity index (χ1n) is 10.8. The number of benzene rings is 3. The van der Waals surface area contributed by atoms with Crippen LogP contribution < -0.4 is 5.32 Å². The quantitative estimate of drug-likeness (QED) is 0.419. The number of nitrogens with zero attached hydrogens (tertiary/aromatic N) is 1. The number of rotatable bonds is 4. The Balaban J connectivity index is 1.17. The first-order chi connectivity index (χ1) is 15.5. The van der Waals surface area contributed by atoms with E-state index < -0.39 is 5.60 Å². The molecule has 0 unspecified atom stereocenters. The van der Waals surface area contributed by atoms with Gasteiger partial charge in [-0.05, 0) is 65.6 Å². The second-order valence-electron chi connectivity index (χ2n) is 9.00. The minimum absolute atomic E-state index is 0.0642. The Hall–Kier alpha value is -3.15. The van der Waals surface area contributed by atoms with E-state index in [0.29, 0.717) is 23.4 Å². The smallest absolute Gasteiger partial charge is 0.251 e. The van der Waals surface area contributed by atoms with Crippen LogP contribution >= 0.6 is 11.6 Å². The molecule has 6 rings (SSSR count). The average Bonchev–Trinajstić information content (AvgIpc) is 3.14. The monoisotopic (exact) mass is 443 g/mol. The number of amides is 1. The average molecular weight is 444 g/mol. The molecule has 2 fully saturated rings. The molecule has 4 aromatic rings. The predicted octanol–water partition coefficient (Wildman–Crippen LogP) is 4.91. The van der Waals surface area contributed by atoms with Gasteiger partial charge in [0, 0.05) is 22.0 Å². The number of nitrogens with one attached hydrogen (secondary N) is 2. The molecule has 0 saturated heterocycles. The fraction of sp³-hybridized carbons (Fsp3) is 0.231. The minimum Gasteiger partial charge on any atom is -0.385 e. The van der Waals surface area contributed by atoms with Crippen molar-refractivity contribution in [1.29, 1.82) is 0 Å². The number of hydrogen-bond donors (Lipinski definition) is 3.